The van der Waals surface area contributed by atoms with Crippen LogP contribution in [0.2, 0.25) is 0 Å². The van der Waals surface area contributed by atoms with Gasteiger partial charge in [0, 0.05) is 43.4 Å². The lowest BCUT2D eigenvalue weighted by Crippen LogP contribution is -2.66. The van der Waals surface area contributed by atoms with Crippen LogP contribution in [0, 0.1) is 5.92 Å². The second-order valence-corrected chi connectivity index (χ2v) is 14.1. The highest BCUT2D eigenvalue weighted by Gasteiger charge is 2.59. The monoisotopic (exact) mass is 583 g/mol. The van der Waals surface area contributed by atoms with Crippen molar-refractivity contribution in [3.05, 3.63) is 0 Å². The molecule has 0 spiro atoms. The standard InChI is InChI=1S/C28H45N3O8S/c1-16(32)30-22-19-8-10-28(39-19,24(36)23(22)35)15-27(4,29)38-12-11-26(2,3)31-21(34)14-20(25(31)37)40-13-9-18(33)17-6-5-7-17/h17,19-20,22-24,35-36H,5-15,29H2,1-4H3,(H,30,32)/t19-,20?,22-,23-,24-,27?,28-/m1/s1. The number of Topliss-reactive ketones (excluding diaryl/α,β-unsaturated/α-hetero) is 1. The third-order valence-corrected chi connectivity index (χ3v) is 10.2. The van der Waals surface area contributed by atoms with Crippen molar-refractivity contribution >= 4 is 35.3 Å². The summed E-state index contributed by atoms with van der Waals surface area (Å²) in [6.45, 7) is 6.81. The van der Waals surface area contributed by atoms with Crippen molar-refractivity contribution in [1.82, 2.24) is 10.2 Å². The van der Waals surface area contributed by atoms with Crippen molar-refractivity contribution in [3.63, 3.8) is 0 Å². The Morgan fingerprint density at radius 2 is 1.93 bits per heavy atom. The minimum absolute atomic E-state index is 0.113. The third-order valence-electron chi connectivity index (χ3n) is 8.97. The zero-order chi connectivity index (χ0) is 29.5. The predicted octanol–water partition coefficient (Wildman–Crippen LogP) is 1.01. The van der Waals surface area contributed by atoms with Crippen molar-refractivity contribution in [2.75, 3.05) is 12.4 Å². The summed E-state index contributed by atoms with van der Waals surface area (Å²) in [6, 6.07) is -0.699. The maximum absolute atomic E-state index is 13.1. The first-order valence-corrected chi connectivity index (χ1v) is 15.5. The number of nitrogens with one attached hydrogen (secondary N) is 1. The lowest BCUT2D eigenvalue weighted by atomic mass is 9.81. The predicted molar refractivity (Wildman–Crippen MR) is 148 cm³/mol. The fourth-order valence-corrected chi connectivity index (χ4v) is 7.66. The Hall–Kier alpha value is -1.57. The first-order chi connectivity index (χ1) is 18.7. The van der Waals surface area contributed by atoms with E-state index >= 15 is 0 Å². The fraction of sp³-hybridized carbons (Fsp3) is 0.857. The molecule has 11 nitrogen and oxygen atoms in total. The Morgan fingerprint density at radius 1 is 1.23 bits per heavy atom. The first kappa shape index (κ1) is 31.4. The third kappa shape index (κ3) is 6.57. The van der Waals surface area contributed by atoms with Crippen LogP contribution in [0.1, 0.15) is 85.5 Å². The molecule has 5 N–H and O–H groups in total. The molecule has 0 radical (unpaired) electrons. The van der Waals surface area contributed by atoms with E-state index in [1.807, 2.05) is 13.8 Å². The van der Waals surface area contributed by atoms with Gasteiger partial charge in [0.15, 0.2) is 0 Å². The number of nitrogens with zero attached hydrogens (tertiary/aromatic N) is 1. The Labute approximate surface area is 240 Å². The molecular weight excluding hydrogens is 538 g/mol. The number of likely N-dealkylation sites (tertiary alicyclic amines) is 1. The second kappa shape index (κ2) is 12.0. The molecule has 7 atom stereocenters. The van der Waals surface area contributed by atoms with Crippen LogP contribution in [0.25, 0.3) is 0 Å². The van der Waals surface area contributed by atoms with E-state index in [1.165, 1.54) is 23.6 Å². The molecule has 3 saturated heterocycles. The van der Waals surface area contributed by atoms with Gasteiger partial charge in [0.25, 0.3) is 0 Å². The molecule has 3 amide bonds. The number of ether oxygens (including phenoxy) is 2. The summed E-state index contributed by atoms with van der Waals surface area (Å²) in [6.07, 6.45) is 2.17. The van der Waals surface area contributed by atoms with Gasteiger partial charge in [-0.25, -0.2) is 0 Å². The lowest BCUT2D eigenvalue weighted by Gasteiger charge is -2.47. The summed E-state index contributed by atoms with van der Waals surface area (Å²) in [5.74, 6) is 0.204. The fourth-order valence-electron chi connectivity index (χ4n) is 6.55. The molecule has 2 unspecified atom stereocenters. The molecule has 4 rings (SSSR count). The zero-order valence-corrected chi connectivity index (χ0v) is 24.8. The second-order valence-electron chi connectivity index (χ2n) is 12.8. The highest BCUT2D eigenvalue weighted by Crippen LogP contribution is 2.46. The zero-order valence-electron chi connectivity index (χ0n) is 24.0. The van der Waals surface area contributed by atoms with Gasteiger partial charge in [0.2, 0.25) is 17.7 Å². The molecule has 12 heteroatoms. The number of imide groups is 1. The maximum atomic E-state index is 13.1. The van der Waals surface area contributed by atoms with Crippen molar-refractivity contribution in [1.29, 1.82) is 0 Å². The number of aliphatic hydroxyl groups excluding tert-OH is 2. The van der Waals surface area contributed by atoms with Gasteiger partial charge in [-0.05, 0) is 52.9 Å². The van der Waals surface area contributed by atoms with Crippen LogP contribution >= 0.6 is 11.8 Å². The van der Waals surface area contributed by atoms with Crippen molar-refractivity contribution in [2.24, 2.45) is 11.7 Å². The number of hydrogen-bond donors (Lipinski definition) is 4. The van der Waals surface area contributed by atoms with Crippen LogP contribution in [0.5, 0.6) is 0 Å². The van der Waals surface area contributed by atoms with E-state index < -0.39 is 46.5 Å². The Balaban J connectivity index is 1.27. The number of fused-ring (bicyclic) bond motifs is 2. The van der Waals surface area contributed by atoms with Crippen LogP contribution in [-0.2, 0) is 28.7 Å². The van der Waals surface area contributed by atoms with E-state index in [2.05, 4.69) is 5.32 Å². The molecule has 1 aliphatic carbocycles. The number of aliphatic hydroxyl groups is 2. The van der Waals surface area contributed by atoms with Gasteiger partial charge in [-0.3, -0.25) is 24.1 Å². The Bertz CT molecular complexity index is 1000. The average Bonchev–Trinajstić information content (AvgIpc) is 3.32. The van der Waals surface area contributed by atoms with Crippen molar-refractivity contribution < 1.29 is 38.9 Å². The summed E-state index contributed by atoms with van der Waals surface area (Å²) in [7, 11) is 0. The molecule has 0 aromatic rings. The van der Waals surface area contributed by atoms with E-state index in [1.54, 1.807) is 6.92 Å². The summed E-state index contributed by atoms with van der Waals surface area (Å²) >= 11 is 1.39. The molecule has 40 heavy (non-hydrogen) atoms. The molecule has 4 fully saturated rings. The SMILES string of the molecule is CC(=O)N[C@H]1[C@@H](O)[C@@H](O)[C@]2(CC(C)(N)OCCC(C)(C)N3C(=O)CC(SCCC(=O)C4CCC4)C3=O)CC[C@H]1O2. The molecule has 4 aliphatic rings. The number of rotatable bonds is 13. The molecule has 3 aliphatic heterocycles. The average molecular weight is 584 g/mol. The molecular formula is C28H45N3O8S. The van der Waals surface area contributed by atoms with Crippen LogP contribution in [0.15, 0.2) is 0 Å². The number of carbonyl (C=O) groups excluding carboxylic acids is 4. The van der Waals surface area contributed by atoms with Gasteiger partial charge < -0.3 is 30.7 Å². The van der Waals surface area contributed by atoms with E-state index in [0.717, 1.165) is 19.3 Å². The number of ketones is 1. The highest BCUT2D eigenvalue weighted by atomic mass is 32.2. The van der Waals surface area contributed by atoms with Crippen molar-refractivity contribution in [3.8, 4) is 0 Å². The van der Waals surface area contributed by atoms with Crippen LogP contribution in [-0.4, -0.2) is 97.4 Å². The largest absolute Gasteiger partial charge is 0.388 e. The van der Waals surface area contributed by atoms with E-state index in [0.29, 0.717) is 31.4 Å². The molecule has 2 bridgehead atoms. The smallest absolute Gasteiger partial charge is 0.243 e. The topological polar surface area (TPSA) is 168 Å². The quantitative estimate of drug-likeness (QED) is 0.181. The maximum Gasteiger partial charge on any atom is 0.243 e. The summed E-state index contributed by atoms with van der Waals surface area (Å²) in [5.41, 5.74) is 3.34. The first-order valence-electron chi connectivity index (χ1n) is 14.4. The van der Waals surface area contributed by atoms with Crippen molar-refractivity contribution in [2.45, 2.75) is 132 Å². The van der Waals surface area contributed by atoms with Crippen LogP contribution in [0.3, 0.4) is 0 Å². The Kier molecular flexibility index (Phi) is 9.38. The van der Waals surface area contributed by atoms with Gasteiger partial charge in [-0.1, -0.05) is 6.42 Å². The summed E-state index contributed by atoms with van der Waals surface area (Å²) in [4.78, 5) is 51.0. The van der Waals surface area contributed by atoms with Crippen LogP contribution in [0.4, 0.5) is 0 Å². The van der Waals surface area contributed by atoms with Gasteiger partial charge >= 0.3 is 0 Å². The van der Waals surface area contributed by atoms with E-state index in [4.69, 9.17) is 15.2 Å². The minimum atomic E-state index is -1.26. The molecule has 0 aromatic heterocycles. The number of carbonyl (C=O) groups is 4. The highest BCUT2D eigenvalue weighted by molar-refractivity contribution is 8.00. The number of nitrogens with two attached hydrogens (primary N) is 1. The normalized spacial score (nSPS) is 34.1. The van der Waals surface area contributed by atoms with Gasteiger partial charge in [-0.2, -0.15) is 0 Å². The lowest BCUT2D eigenvalue weighted by molar-refractivity contribution is -0.228. The van der Waals surface area contributed by atoms with E-state index in [9.17, 15) is 29.4 Å². The van der Waals surface area contributed by atoms with E-state index in [-0.39, 0.29) is 48.9 Å². The van der Waals surface area contributed by atoms with Gasteiger partial charge in [0.1, 0.15) is 29.3 Å². The molecule has 3 heterocycles. The number of thioether (sulfide) groups is 1. The van der Waals surface area contributed by atoms with Crippen LogP contribution < -0.4 is 11.1 Å². The molecule has 226 valence electrons. The molecule has 0 aromatic carbocycles. The van der Waals surface area contributed by atoms with Gasteiger partial charge in [-0.15, -0.1) is 11.8 Å². The number of hydrogen-bond acceptors (Lipinski definition) is 10. The summed E-state index contributed by atoms with van der Waals surface area (Å²) < 4.78 is 12.2. The molecule has 1 saturated carbocycles. The minimum Gasteiger partial charge on any atom is -0.388 e. The Morgan fingerprint density at radius 3 is 2.55 bits per heavy atom. The number of amides is 3. The summed E-state index contributed by atoms with van der Waals surface area (Å²) in [5, 5.41) is 23.8. The van der Waals surface area contributed by atoms with Gasteiger partial charge in [0.05, 0.1) is 24.0 Å².